The van der Waals surface area contributed by atoms with Crippen LogP contribution in [0.3, 0.4) is 0 Å². The second kappa shape index (κ2) is 4.57. The maximum Gasteiger partial charge on any atom is 0.159 e. The first kappa shape index (κ1) is 12.5. The highest BCUT2D eigenvalue weighted by molar-refractivity contribution is 5.67. The van der Waals surface area contributed by atoms with E-state index in [1.807, 2.05) is 0 Å². The number of anilines is 1. The van der Waals surface area contributed by atoms with Gasteiger partial charge in [0.1, 0.15) is 11.9 Å². The van der Waals surface area contributed by atoms with E-state index in [9.17, 15) is 8.78 Å². The van der Waals surface area contributed by atoms with E-state index in [4.69, 9.17) is 11.0 Å². The van der Waals surface area contributed by atoms with Gasteiger partial charge in [0.05, 0.1) is 11.3 Å². The lowest BCUT2D eigenvalue weighted by molar-refractivity contribution is 0.509. The molecule has 1 fully saturated rings. The molecule has 5 heteroatoms. The molecule has 1 aliphatic carbocycles. The van der Waals surface area contributed by atoms with Gasteiger partial charge in [0.2, 0.25) is 0 Å². The normalized spacial score (nSPS) is 14.1. The standard InChI is InChI=1S/C15H11F2N3/c16-12-4-3-9(5-13(12)17)14-6-10(8-1-2-8)11(7-18)15(19)20-14/h3-6,8H,1-2H2,(H2,19,20). The molecule has 1 saturated carbocycles. The Morgan fingerprint density at radius 3 is 2.55 bits per heavy atom. The van der Waals surface area contributed by atoms with Crippen LogP contribution in [0, 0.1) is 23.0 Å². The largest absolute Gasteiger partial charge is 0.383 e. The lowest BCUT2D eigenvalue weighted by Crippen LogP contribution is -2.01. The third kappa shape index (κ3) is 2.10. The van der Waals surface area contributed by atoms with Gasteiger partial charge in [-0.2, -0.15) is 5.26 Å². The van der Waals surface area contributed by atoms with Crippen molar-refractivity contribution in [3.63, 3.8) is 0 Å². The zero-order valence-electron chi connectivity index (χ0n) is 10.5. The van der Waals surface area contributed by atoms with Gasteiger partial charge in [0, 0.05) is 5.56 Å². The maximum absolute atomic E-state index is 13.3. The van der Waals surface area contributed by atoms with Gasteiger partial charge in [-0.15, -0.1) is 0 Å². The second-order valence-electron chi connectivity index (χ2n) is 4.87. The van der Waals surface area contributed by atoms with E-state index in [1.54, 1.807) is 6.07 Å². The van der Waals surface area contributed by atoms with Gasteiger partial charge in [-0.05, 0) is 48.6 Å². The first-order valence-corrected chi connectivity index (χ1v) is 6.26. The van der Waals surface area contributed by atoms with Crippen molar-refractivity contribution in [1.29, 1.82) is 5.26 Å². The fraction of sp³-hybridized carbons (Fsp3) is 0.200. The molecule has 3 rings (SSSR count). The van der Waals surface area contributed by atoms with Crippen LogP contribution in [0.15, 0.2) is 24.3 Å². The highest BCUT2D eigenvalue weighted by Gasteiger charge is 2.28. The molecule has 100 valence electrons. The van der Waals surface area contributed by atoms with E-state index < -0.39 is 11.6 Å². The van der Waals surface area contributed by atoms with Crippen LogP contribution in [0.25, 0.3) is 11.3 Å². The molecule has 1 aromatic heterocycles. The highest BCUT2D eigenvalue weighted by atomic mass is 19.2. The molecule has 1 heterocycles. The number of hydrogen-bond donors (Lipinski definition) is 1. The van der Waals surface area contributed by atoms with Crippen LogP contribution in [0.4, 0.5) is 14.6 Å². The number of nitrogens with two attached hydrogens (primary N) is 1. The molecule has 0 bridgehead atoms. The fourth-order valence-corrected chi connectivity index (χ4v) is 2.23. The molecule has 0 spiro atoms. The molecule has 0 saturated heterocycles. The number of benzene rings is 1. The summed E-state index contributed by atoms with van der Waals surface area (Å²) in [6.45, 7) is 0. The van der Waals surface area contributed by atoms with Gasteiger partial charge in [-0.1, -0.05) is 0 Å². The lowest BCUT2D eigenvalue weighted by Gasteiger charge is -2.09. The van der Waals surface area contributed by atoms with Gasteiger partial charge in [0.25, 0.3) is 0 Å². The van der Waals surface area contributed by atoms with E-state index in [1.165, 1.54) is 6.07 Å². The summed E-state index contributed by atoms with van der Waals surface area (Å²) in [5, 5.41) is 9.14. The topological polar surface area (TPSA) is 62.7 Å². The van der Waals surface area contributed by atoms with E-state index in [0.717, 1.165) is 30.5 Å². The van der Waals surface area contributed by atoms with Crippen molar-refractivity contribution >= 4 is 5.82 Å². The smallest absolute Gasteiger partial charge is 0.159 e. The van der Waals surface area contributed by atoms with Crippen molar-refractivity contribution in [3.05, 3.63) is 47.0 Å². The van der Waals surface area contributed by atoms with Crippen LogP contribution in [0.5, 0.6) is 0 Å². The Morgan fingerprint density at radius 1 is 1.20 bits per heavy atom. The molecular weight excluding hydrogens is 260 g/mol. The lowest BCUT2D eigenvalue weighted by atomic mass is 10.0. The van der Waals surface area contributed by atoms with Crippen molar-refractivity contribution in [2.75, 3.05) is 5.73 Å². The van der Waals surface area contributed by atoms with Gasteiger partial charge in [-0.3, -0.25) is 0 Å². The second-order valence-corrected chi connectivity index (χ2v) is 4.87. The number of halogens is 2. The summed E-state index contributed by atoms with van der Waals surface area (Å²) < 4.78 is 26.3. The molecule has 0 radical (unpaired) electrons. The van der Waals surface area contributed by atoms with E-state index >= 15 is 0 Å². The zero-order valence-corrected chi connectivity index (χ0v) is 10.5. The number of pyridine rings is 1. The summed E-state index contributed by atoms with van der Waals surface area (Å²) in [7, 11) is 0. The summed E-state index contributed by atoms with van der Waals surface area (Å²) in [4.78, 5) is 4.12. The van der Waals surface area contributed by atoms with Crippen LogP contribution >= 0.6 is 0 Å². The number of nitrogen functional groups attached to an aromatic ring is 1. The quantitative estimate of drug-likeness (QED) is 0.911. The Labute approximate surface area is 114 Å². The Morgan fingerprint density at radius 2 is 1.95 bits per heavy atom. The summed E-state index contributed by atoms with van der Waals surface area (Å²) in [6.07, 6.45) is 2.02. The van der Waals surface area contributed by atoms with E-state index in [-0.39, 0.29) is 5.82 Å². The van der Waals surface area contributed by atoms with E-state index in [0.29, 0.717) is 22.7 Å². The van der Waals surface area contributed by atoms with Crippen LogP contribution in [0.2, 0.25) is 0 Å². The third-order valence-electron chi connectivity index (χ3n) is 3.42. The number of hydrogen-bond acceptors (Lipinski definition) is 3. The Kier molecular flexibility index (Phi) is 2.87. The van der Waals surface area contributed by atoms with Gasteiger partial charge in [0.15, 0.2) is 11.6 Å². The summed E-state index contributed by atoms with van der Waals surface area (Å²) >= 11 is 0. The highest BCUT2D eigenvalue weighted by Crippen LogP contribution is 2.43. The monoisotopic (exact) mass is 271 g/mol. The minimum atomic E-state index is -0.930. The first-order valence-electron chi connectivity index (χ1n) is 6.26. The minimum absolute atomic E-state index is 0.136. The maximum atomic E-state index is 13.3. The minimum Gasteiger partial charge on any atom is -0.383 e. The average Bonchev–Trinajstić information content (AvgIpc) is 3.25. The number of nitriles is 1. The SMILES string of the molecule is N#Cc1c(C2CC2)cc(-c2ccc(F)c(F)c2)nc1N. The Hall–Kier alpha value is -2.48. The number of aromatic nitrogens is 1. The predicted molar refractivity (Wildman–Crippen MR) is 70.7 cm³/mol. The van der Waals surface area contributed by atoms with Crippen LogP contribution in [0.1, 0.15) is 29.9 Å². The van der Waals surface area contributed by atoms with Gasteiger partial charge in [-0.25, -0.2) is 13.8 Å². The molecule has 0 unspecified atom stereocenters. The molecule has 1 aliphatic rings. The average molecular weight is 271 g/mol. The van der Waals surface area contributed by atoms with Crippen molar-refractivity contribution in [1.82, 2.24) is 4.98 Å². The van der Waals surface area contributed by atoms with Crippen molar-refractivity contribution < 1.29 is 8.78 Å². The Balaban J connectivity index is 2.14. The van der Waals surface area contributed by atoms with Crippen LogP contribution < -0.4 is 5.73 Å². The molecule has 20 heavy (non-hydrogen) atoms. The number of rotatable bonds is 2. The van der Waals surface area contributed by atoms with Crippen molar-refractivity contribution in [3.8, 4) is 17.3 Å². The zero-order chi connectivity index (χ0) is 14.3. The molecule has 3 nitrogen and oxygen atoms in total. The van der Waals surface area contributed by atoms with Crippen molar-refractivity contribution in [2.45, 2.75) is 18.8 Å². The molecule has 0 amide bonds. The van der Waals surface area contributed by atoms with Crippen LogP contribution in [-0.4, -0.2) is 4.98 Å². The molecular formula is C15H11F2N3. The third-order valence-corrected chi connectivity index (χ3v) is 3.42. The molecule has 0 aliphatic heterocycles. The molecule has 0 atom stereocenters. The van der Waals surface area contributed by atoms with Gasteiger partial charge >= 0.3 is 0 Å². The summed E-state index contributed by atoms with van der Waals surface area (Å²) in [5.41, 5.74) is 7.94. The molecule has 2 aromatic rings. The molecule has 2 N–H and O–H groups in total. The van der Waals surface area contributed by atoms with Crippen molar-refractivity contribution in [2.24, 2.45) is 0 Å². The predicted octanol–water partition coefficient (Wildman–Crippen LogP) is 3.36. The fourth-order valence-electron chi connectivity index (χ4n) is 2.23. The van der Waals surface area contributed by atoms with Crippen LogP contribution in [-0.2, 0) is 0 Å². The summed E-state index contributed by atoms with van der Waals surface area (Å²) in [5.74, 6) is -1.38. The molecule has 1 aromatic carbocycles. The summed E-state index contributed by atoms with van der Waals surface area (Å²) in [6, 6.07) is 7.40. The number of nitrogens with zero attached hydrogens (tertiary/aromatic N) is 2. The van der Waals surface area contributed by atoms with Gasteiger partial charge < -0.3 is 5.73 Å². The first-order chi connectivity index (χ1) is 9.60. The Bertz CT molecular complexity index is 731. The van der Waals surface area contributed by atoms with E-state index in [2.05, 4.69) is 11.1 Å².